The van der Waals surface area contributed by atoms with E-state index in [9.17, 15) is 19.2 Å². The van der Waals surface area contributed by atoms with Gasteiger partial charge in [-0.05, 0) is 44.7 Å². The van der Waals surface area contributed by atoms with E-state index < -0.39 is 47.4 Å². The fourth-order valence-electron chi connectivity index (χ4n) is 7.21. The lowest BCUT2D eigenvalue weighted by Gasteiger charge is -2.55. The maximum Gasteiger partial charge on any atom is 0.287 e. The topological polar surface area (TPSA) is 122 Å². The first-order valence-electron chi connectivity index (χ1n) is 12.6. The summed E-state index contributed by atoms with van der Waals surface area (Å²) in [5.41, 5.74) is -1.00. The predicted octanol–water partition coefficient (Wildman–Crippen LogP) is 2.70. The number of thioether (sulfide) groups is 1. The molecule has 3 saturated heterocycles. The first kappa shape index (κ1) is 23.2. The Labute approximate surface area is 215 Å². The van der Waals surface area contributed by atoms with Crippen LogP contribution in [0.4, 0.5) is 20.7 Å². The molecule has 1 aromatic heterocycles. The number of nitrogens with one attached hydrogen (secondary N) is 1. The van der Waals surface area contributed by atoms with Gasteiger partial charge >= 0.3 is 0 Å². The van der Waals surface area contributed by atoms with Crippen LogP contribution in [0, 0.1) is 11.2 Å². The van der Waals surface area contributed by atoms with Gasteiger partial charge < -0.3 is 14.2 Å². The molecule has 194 valence electrons. The number of amides is 3. The molecule has 7 rings (SSSR count). The van der Waals surface area contributed by atoms with Gasteiger partial charge in [0.15, 0.2) is 17.4 Å². The highest BCUT2D eigenvalue weighted by atomic mass is 32.2. The number of piperidine rings is 1. The third-order valence-electron chi connectivity index (χ3n) is 8.58. The van der Waals surface area contributed by atoms with Crippen molar-refractivity contribution in [3.63, 3.8) is 0 Å². The molecule has 5 heterocycles. The van der Waals surface area contributed by atoms with Crippen molar-refractivity contribution >= 4 is 57.1 Å². The summed E-state index contributed by atoms with van der Waals surface area (Å²) in [4.78, 5) is 55.2. The minimum atomic E-state index is -1.62. The molecule has 3 amide bonds. The summed E-state index contributed by atoms with van der Waals surface area (Å²) in [7, 11) is 0. The number of carbonyl (C=O) groups is 4. The van der Waals surface area contributed by atoms with Crippen molar-refractivity contribution in [3.05, 3.63) is 17.4 Å². The number of anilines is 2. The highest BCUT2D eigenvalue weighted by Crippen LogP contribution is 2.51. The van der Waals surface area contributed by atoms with E-state index in [1.54, 1.807) is 22.8 Å². The molecule has 1 N–H and O–H groups in total. The van der Waals surface area contributed by atoms with Gasteiger partial charge in [0, 0.05) is 11.8 Å². The van der Waals surface area contributed by atoms with E-state index in [4.69, 9.17) is 9.26 Å². The van der Waals surface area contributed by atoms with Gasteiger partial charge in [0.05, 0.1) is 41.8 Å². The number of rotatable bonds is 1. The molecule has 4 fully saturated rings. The van der Waals surface area contributed by atoms with Crippen LogP contribution in [0.2, 0.25) is 0 Å². The zero-order valence-corrected chi connectivity index (χ0v) is 21.1. The number of ether oxygens (including phenoxy) is 1. The van der Waals surface area contributed by atoms with Crippen LogP contribution >= 0.6 is 11.8 Å². The van der Waals surface area contributed by atoms with E-state index >= 15 is 4.39 Å². The van der Waals surface area contributed by atoms with E-state index in [1.165, 1.54) is 11.8 Å². The molecule has 37 heavy (non-hydrogen) atoms. The number of hydrogen-bond acceptors (Lipinski definition) is 9. The Morgan fingerprint density at radius 1 is 1.22 bits per heavy atom. The second-order valence-corrected chi connectivity index (χ2v) is 11.9. The van der Waals surface area contributed by atoms with Crippen molar-refractivity contribution in [1.29, 1.82) is 0 Å². The molecule has 12 heteroatoms. The van der Waals surface area contributed by atoms with Crippen LogP contribution in [-0.2, 0) is 25.5 Å². The monoisotopic (exact) mass is 528 g/mol. The van der Waals surface area contributed by atoms with E-state index in [0.717, 1.165) is 19.3 Å². The average Bonchev–Trinajstić information content (AvgIpc) is 3.51. The molecule has 1 unspecified atom stereocenters. The molecule has 5 aliphatic rings. The van der Waals surface area contributed by atoms with E-state index in [2.05, 4.69) is 10.5 Å². The first-order valence-corrected chi connectivity index (χ1v) is 13.5. The lowest BCUT2D eigenvalue weighted by atomic mass is 9.63. The van der Waals surface area contributed by atoms with Crippen LogP contribution in [-0.4, -0.2) is 64.1 Å². The van der Waals surface area contributed by atoms with E-state index in [0.29, 0.717) is 10.9 Å². The minimum Gasteiger partial charge on any atom is -0.372 e. The van der Waals surface area contributed by atoms with Gasteiger partial charge in [-0.15, -0.1) is 0 Å². The molecule has 1 aliphatic carbocycles. The maximum atomic E-state index is 16.3. The Balaban J connectivity index is 1.43. The Bertz CT molecular complexity index is 1390. The molecule has 1 aromatic carbocycles. The summed E-state index contributed by atoms with van der Waals surface area (Å²) in [6.07, 6.45) is 1.36. The van der Waals surface area contributed by atoms with E-state index in [1.807, 2.05) is 6.92 Å². The highest BCUT2D eigenvalue weighted by Gasteiger charge is 2.63. The molecular formula is C25H25FN4O6S. The zero-order valence-electron chi connectivity index (χ0n) is 20.3. The highest BCUT2D eigenvalue weighted by molar-refractivity contribution is 8.14. The smallest absolute Gasteiger partial charge is 0.287 e. The standard InChI is InChI=1S/C25H25FN4O6S/c1-10-9-29-19-12(8-25(21(29)11(2)35-10)16(31)7-17(32)27-23(25)33)6-13-20(18(19)26)36-28-22(13)30-14-4-3-5-15(14)37-24(30)34/h6,10-11,14-15,21H,3-5,7-9H2,1-2H3,(H,27,32,33)/t10-,11+,14-,15+,21-,25?/m1/s1. The molecule has 1 spiro atoms. The summed E-state index contributed by atoms with van der Waals surface area (Å²) < 4.78 is 27.8. The molecule has 0 radical (unpaired) electrons. The fraction of sp³-hybridized carbons (Fsp3) is 0.560. The minimum absolute atomic E-state index is 0.0294. The number of hydrogen-bond donors (Lipinski definition) is 1. The van der Waals surface area contributed by atoms with Crippen LogP contribution in [0.15, 0.2) is 10.6 Å². The van der Waals surface area contributed by atoms with Crippen molar-refractivity contribution < 1.29 is 32.8 Å². The van der Waals surface area contributed by atoms with Gasteiger partial charge in [-0.2, -0.15) is 0 Å². The number of fused-ring (bicyclic) bond motifs is 6. The van der Waals surface area contributed by atoms with E-state index in [-0.39, 0.29) is 52.7 Å². The summed E-state index contributed by atoms with van der Waals surface area (Å²) in [6, 6.07) is 0.861. The van der Waals surface area contributed by atoms with Crippen LogP contribution in [0.1, 0.15) is 45.1 Å². The maximum absolute atomic E-state index is 16.3. The van der Waals surface area contributed by atoms with Crippen LogP contribution in [0.5, 0.6) is 0 Å². The lowest BCUT2D eigenvalue weighted by Crippen LogP contribution is -2.72. The number of benzene rings is 1. The molecule has 6 atom stereocenters. The van der Waals surface area contributed by atoms with Crippen molar-refractivity contribution in [1.82, 2.24) is 10.5 Å². The number of aromatic nitrogens is 1. The molecular weight excluding hydrogens is 503 g/mol. The third kappa shape index (κ3) is 2.99. The average molecular weight is 529 g/mol. The number of Topliss-reactive ketones (excluding diaryl/α,β-unsaturated/α-hetero) is 1. The number of morpholine rings is 1. The van der Waals surface area contributed by atoms with Crippen molar-refractivity contribution in [2.24, 2.45) is 5.41 Å². The SMILES string of the molecule is C[C@@H]1CN2c3c(cc4c(N5C(=O)S[C@H]6CCC[C@H]65)noc4c3F)CC3(C(=O)CC(=O)NC3=O)[C@H]2[C@H](C)O1. The van der Waals surface area contributed by atoms with Crippen LogP contribution < -0.4 is 15.1 Å². The number of halogens is 1. The lowest BCUT2D eigenvalue weighted by molar-refractivity contribution is -0.158. The third-order valence-corrected chi connectivity index (χ3v) is 9.84. The Kier molecular flexibility index (Phi) is 4.86. The van der Waals surface area contributed by atoms with Gasteiger partial charge in [0.25, 0.3) is 5.24 Å². The normalized spacial score (nSPS) is 35.3. The summed E-state index contributed by atoms with van der Waals surface area (Å²) in [5, 5.41) is 6.84. The fourth-order valence-corrected chi connectivity index (χ4v) is 8.51. The van der Waals surface area contributed by atoms with Crippen molar-refractivity contribution in [3.8, 4) is 0 Å². The second kappa shape index (κ2) is 7.76. The molecule has 10 nitrogen and oxygen atoms in total. The number of nitrogens with zero attached hydrogens (tertiary/aromatic N) is 3. The Hall–Kier alpha value is -2.99. The summed E-state index contributed by atoms with van der Waals surface area (Å²) >= 11 is 1.28. The Morgan fingerprint density at radius 3 is 2.81 bits per heavy atom. The Morgan fingerprint density at radius 2 is 2.03 bits per heavy atom. The zero-order chi connectivity index (χ0) is 25.8. The van der Waals surface area contributed by atoms with Gasteiger partial charge in [0.2, 0.25) is 17.4 Å². The molecule has 1 saturated carbocycles. The predicted molar refractivity (Wildman–Crippen MR) is 131 cm³/mol. The summed E-state index contributed by atoms with van der Waals surface area (Å²) in [6.45, 7) is 3.85. The van der Waals surface area contributed by atoms with Crippen LogP contribution in [0.3, 0.4) is 0 Å². The molecule has 4 aliphatic heterocycles. The molecule has 2 aromatic rings. The van der Waals surface area contributed by atoms with Gasteiger partial charge in [-0.1, -0.05) is 23.3 Å². The number of carbonyl (C=O) groups excluding carboxylic acids is 4. The van der Waals surface area contributed by atoms with Crippen LogP contribution in [0.25, 0.3) is 11.0 Å². The van der Waals surface area contributed by atoms with Gasteiger partial charge in [0.1, 0.15) is 5.41 Å². The summed E-state index contributed by atoms with van der Waals surface area (Å²) in [5.74, 6) is -2.22. The molecule has 0 bridgehead atoms. The van der Waals surface area contributed by atoms with Crippen molar-refractivity contribution in [2.75, 3.05) is 16.3 Å². The number of imide groups is 1. The first-order chi connectivity index (χ1) is 17.7. The number of ketones is 1. The van der Waals surface area contributed by atoms with Crippen molar-refractivity contribution in [2.45, 2.75) is 75.5 Å². The second-order valence-electron chi connectivity index (χ2n) is 10.7. The van der Waals surface area contributed by atoms with Gasteiger partial charge in [-0.3, -0.25) is 29.4 Å². The van der Waals surface area contributed by atoms with Gasteiger partial charge in [-0.25, -0.2) is 4.39 Å². The largest absolute Gasteiger partial charge is 0.372 e. The quantitative estimate of drug-likeness (QED) is 0.440.